The molecule has 4 nitrogen and oxygen atoms in total. The van der Waals surface area contributed by atoms with Crippen LogP contribution in [0.5, 0.6) is 0 Å². The summed E-state index contributed by atoms with van der Waals surface area (Å²) in [6.45, 7) is 6.28. The molecule has 0 saturated carbocycles. The van der Waals surface area contributed by atoms with E-state index >= 15 is 0 Å². The van der Waals surface area contributed by atoms with Crippen molar-refractivity contribution in [3.8, 4) is 0 Å². The van der Waals surface area contributed by atoms with Crippen LogP contribution in [-0.2, 0) is 23.0 Å². The molecule has 104 valence electrons. The summed E-state index contributed by atoms with van der Waals surface area (Å²) in [4.78, 5) is 0.322. The Bertz CT molecular complexity index is 494. The van der Waals surface area contributed by atoms with Gasteiger partial charge in [0.15, 0.2) is 0 Å². The van der Waals surface area contributed by atoms with Crippen molar-refractivity contribution < 1.29 is 8.42 Å². The number of halogens is 1. The zero-order valence-electron chi connectivity index (χ0n) is 11.4. The molecule has 0 N–H and O–H groups in total. The first-order chi connectivity index (χ1) is 8.34. The standard InChI is InChI=1S/C12H21ClN2O2S/c1-5-6-15(10(2)3)18(16,17)12-7-11(8-13)14(4)9-12/h7,9-10H,5-6,8H2,1-4H3. The molecule has 0 aliphatic rings. The average Bonchev–Trinajstić information content (AvgIpc) is 2.67. The maximum absolute atomic E-state index is 12.5. The van der Waals surface area contributed by atoms with Crippen molar-refractivity contribution in [3.05, 3.63) is 18.0 Å². The molecule has 0 unspecified atom stereocenters. The molecule has 18 heavy (non-hydrogen) atoms. The summed E-state index contributed by atoms with van der Waals surface area (Å²) >= 11 is 5.77. The van der Waals surface area contributed by atoms with Gasteiger partial charge >= 0.3 is 0 Å². The quantitative estimate of drug-likeness (QED) is 0.756. The van der Waals surface area contributed by atoms with Crippen molar-refractivity contribution in [2.24, 2.45) is 7.05 Å². The first-order valence-corrected chi connectivity index (χ1v) is 8.05. The summed E-state index contributed by atoms with van der Waals surface area (Å²) in [5.41, 5.74) is 0.801. The molecule has 0 bridgehead atoms. The largest absolute Gasteiger partial charge is 0.352 e. The SMILES string of the molecule is CCCN(C(C)C)S(=O)(=O)c1cc(CCl)n(C)c1. The molecule has 1 rings (SSSR count). The van der Waals surface area contributed by atoms with Crippen molar-refractivity contribution in [3.63, 3.8) is 0 Å². The summed E-state index contributed by atoms with van der Waals surface area (Å²) in [6, 6.07) is 1.60. The number of rotatable bonds is 6. The van der Waals surface area contributed by atoms with Gasteiger partial charge in [-0.15, -0.1) is 11.6 Å². The van der Waals surface area contributed by atoms with Gasteiger partial charge in [-0.25, -0.2) is 8.42 Å². The number of sulfonamides is 1. The fourth-order valence-corrected chi connectivity index (χ4v) is 3.95. The Balaban J connectivity index is 3.17. The van der Waals surface area contributed by atoms with E-state index in [-0.39, 0.29) is 6.04 Å². The second-order valence-corrected chi connectivity index (χ2v) is 6.78. The molecule has 1 heterocycles. The van der Waals surface area contributed by atoms with Crippen LogP contribution in [0, 0.1) is 0 Å². The molecule has 0 atom stereocenters. The van der Waals surface area contributed by atoms with Crippen LogP contribution in [0.2, 0.25) is 0 Å². The predicted octanol–water partition coefficient (Wildman–Crippen LogP) is 2.57. The van der Waals surface area contributed by atoms with Crippen molar-refractivity contribution in [2.75, 3.05) is 6.54 Å². The molecular weight excluding hydrogens is 272 g/mol. The fourth-order valence-electron chi connectivity index (χ4n) is 1.86. The lowest BCUT2D eigenvalue weighted by Crippen LogP contribution is -2.37. The van der Waals surface area contributed by atoms with Crippen LogP contribution in [-0.4, -0.2) is 29.9 Å². The molecule has 0 amide bonds. The van der Waals surface area contributed by atoms with E-state index in [1.54, 1.807) is 23.9 Å². The minimum atomic E-state index is -3.42. The highest BCUT2D eigenvalue weighted by atomic mass is 35.5. The lowest BCUT2D eigenvalue weighted by Gasteiger charge is -2.24. The Morgan fingerprint density at radius 1 is 1.44 bits per heavy atom. The van der Waals surface area contributed by atoms with Crippen molar-refractivity contribution >= 4 is 21.6 Å². The summed E-state index contributed by atoms with van der Waals surface area (Å²) in [7, 11) is -1.62. The lowest BCUT2D eigenvalue weighted by atomic mass is 10.4. The van der Waals surface area contributed by atoms with E-state index in [1.807, 2.05) is 20.8 Å². The van der Waals surface area contributed by atoms with Crippen LogP contribution in [0.4, 0.5) is 0 Å². The number of hydrogen-bond acceptors (Lipinski definition) is 2. The maximum Gasteiger partial charge on any atom is 0.244 e. The van der Waals surface area contributed by atoms with E-state index in [4.69, 9.17) is 11.6 Å². The smallest absolute Gasteiger partial charge is 0.244 e. The Morgan fingerprint density at radius 3 is 2.44 bits per heavy atom. The summed E-state index contributed by atoms with van der Waals surface area (Å²) < 4.78 is 28.3. The summed E-state index contributed by atoms with van der Waals surface area (Å²) in [5, 5.41) is 0. The van der Waals surface area contributed by atoms with E-state index in [2.05, 4.69) is 0 Å². The average molecular weight is 293 g/mol. The predicted molar refractivity (Wildman–Crippen MR) is 74.3 cm³/mol. The number of aryl methyl sites for hydroxylation is 1. The van der Waals surface area contributed by atoms with Crippen LogP contribution < -0.4 is 0 Å². The molecule has 0 saturated heterocycles. The Kier molecular flexibility index (Phi) is 5.25. The maximum atomic E-state index is 12.5. The molecule has 1 aromatic rings. The fraction of sp³-hybridized carbons (Fsp3) is 0.667. The third-order valence-corrected chi connectivity index (χ3v) is 5.16. The number of nitrogens with zero attached hydrogens (tertiary/aromatic N) is 2. The Hall–Kier alpha value is -0.520. The number of aromatic nitrogens is 1. The second-order valence-electron chi connectivity index (χ2n) is 4.62. The topological polar surface area (TPSA) is 42.3 Å². The van der Waals surface area contributed by atoms with Gasteiger partial charge < -0.3 is 4.57 Å². The van der Waals surface area contributed by atoms with Gasteiger partial charge in [-0.1, -0.05) is 6.92 Å². The molecule has 0 radical (unpaired) electrons. The van der Waals surface area contributed by atoms with Gasteiger partial charge in [-0.2, -0.15) is 4.31 Å². The first-order valence-electron chi connectivity index (χ1n) is 6.07. The highest BCUT2D eigenvalue weighted by molar-refractivity contribution is 7.89. The van der Waals surface area contributed by atoms with Crippen LogP contribution in [0.1, 0.15) is 32.9 Å². The van der Waals surface area contributed by atoms with Gasteiger partial charge in [0.2, 0.25) is 10.0 Å². The third-order valence-electron chi connectivity index (χ3n) is 2.85. The van der Waals surface area contributed by atoms with E-state index in [9.17, 15) is 8.42 Å². The third kappa shape index (κ3) is 3.08. The molecule has 0 aliphatic carbocycles. The highest BCUT2D eigenvalue weighted by Crippen LogP contribution is 2.21. The lowest BCUT2D eigenvalue weighted by molar-refractivity contribution is 0.354. The molecule has 0 aliphatic heterocycles. The molecule has 0 aromatic carbocycles. The van der Waals surface area contributed by atoms with Crippen LogP contribution in [0.15, 0.2) is 17.2 Å². The molecule has 6 heteroatoms. The Labute approximate surface area is 115 Å². The zero-order valence-corrected chi connectivity index (χ0v) is 12.9. The van der Waals surface area contributed by atoms with Gasteiger partial charge in [0.05, 0.1) is 5.88 Å². The highest BCUT2D eigenvalue weighted by Gasteiger charge is 2.27. The van der Waals surface area contributed by atoms with Gasteiger partial charge in [-0.3, -0.25) is 0 Å². The second kappa shape index (κ2) is 6.08. The van der Waals surface area contributed by atoms with Crippen molar-refractivity contribution in [2.45, 2.75) is 44.0 Å². The zero-order chi connectivity index (χ0) is 13.9. The van der Waals surface area contributed by atoms with Crippen LogP contribution in [0.3, 0.4) is 0 Å². The van der Waals surface area contributed by atoms with Gasteiger partial charge in [0, 0.05) is 31.5 Å². The van der Waals surface area contributed by atoms with E-state index in [0.717, 1.165) is 12.1 Å². The Morgan fingerprint density at radius 2 is 2.06 bits per heavy atom. The monoisotopic (exact) mass is 292 g/mol. The van der Waals surface area contributed by atoms with Crippen molar-refractivity contribution in [1.82, 2.24) is 8.87 Å². The summed E-state index contributed by atoms with van der Waals surface area (Å²) in [6.07, 6.45) is 2.42. The van der Waals surface area contributed by atoms with E-state index in [1.165, 1.54) is 4.31 Å². The molecule has 0 spiro atoms. The van der Waals surface area contributed by atoms with Gasteiger partial charge in [0.1, 0.15) is 4.90 Å². The summed E-state index contributed by atoms with van der Waals surface area (Å²) in [5.74, 6) is 0.307. The van der Waals surface area contributed by atoms with E-state index < -0.39 is 10.0 Å². The van der Waals surface area contributed by atoms with Crippen molar-refractivity contribution in [1.29, 1.82) is 0 Å². The number of hydrogen-bond donors (Lipinski definition) is 0. The molecular formula is C12H21ClN2O2S. The molecule has 1 aromatic heterocycles. The number of alkyl halides is 1. The minimum absolute atomic E-state index is 0.0467. The molecule has 0 fully saturated rings. The van der Waals surface area contributed by atoms with Crippen LogP contribution >= 0.6 is 11.6 Å². The van der Waals surface area contributed by atoms with Crippen LogP contribution in [0.25, 0.3) is 0 Å². The normalized spacial score (nSPS) is 12.6. The minimum Gasteiger partial charge on any atom is -0.352 e. The van der Waals surface area contributed by atoms with E-state index in [0.29, 0.717) is 17.3 Å². The van der Waals surface area contributed by atoms with Gasteiger partial charge in [0.25, 0.3) is 0 Å². The first kappa shape index (κ1) is 15.5. The van der Waals surface area contributed by atoms with Gasteiger partial charge in [-0.05, 0) is 26.3 Å².